The lowest BCUT2D eigenvalue weighted by molar-refractivity contribution is 0.0298. The maximum absolute atomic E-state index is 12.7. The number of nitrogens with one attached hydrogen (secondary N) is 1. The minimum Gasteiger partial charge on any atom is -0.493 e. The van der Waals surface area contributed by atoms with E-state index in [0.29, 0.717) is 37.6 Å². The zero-order valence-corrected chi connectivity index (χ0v) is 25.1. The fourth-order valence-electron chi connectivity index (χ4n) is 4.37. The van der Waals surface area contributed by atoms with Gasteiger partial charge in [-0.05, 0) is 81.4 Å². The molecule has 1 aromatic carbocycles. The van der Waals surface area contributed by atoms with Crippen LogP contribution in [0.25, 0.3) is 0 Å². The Bertz CT molecular complexity index is 806. The monoisotopic (exact) mass is 539 g/mol. The number of carbonyl (C=O) groups is 1. The van der Waals surface area contributed by atoms with Crippen molar-refractivity contribution in [2.24, 2.45) is 23.7 Å². The topological polar surface area (TPSA) is 106 Å². The number of ether oxygens (including phenoxy) is 4. The first-order valence-corrected chi connectivity index (χ1v) is 13.9. The van der Waals surface area contributed by atoms with Crippen molar-refractivity contribution < 1.29 is 34.0 Å². The van der Waals surface area contributed by atoms with Gasteiger partial charge in [0.05, 0.1) is 25.9 Å². The van der Waals surface area contributed by atoms with Gasteiger partial charge in [-0.1, -0.05) is 33.8 Å². The lowest BCUT2D eigenvalue weighted by Gasteiger charge is -2.33. The minimum atomic E-state index is -0.820. The third-order valence-corrected chi connectivity index (χ3v) is 6.86. The summed E-state index contributed by atoms with van der Waals surface area (Å²) in [4.78, 5) is 12.7. The van der Waals surface area contributed by atoms with Crippen LogP contribution in [0.5, 0.6) is 11.5 Å². The number of methoxy groups -OCH3 is 2. The van der Waals surface area contributed by atoms with Gasteiger partial charge in [0.2, 0.25) is 0 Å². The largest absolute Gasteiger partial charge is 0.493 e. The highest BCUT2D eigenvalue weighted by atomic mass is 16.6. The predicted molar refractivity (Wildman–Crippen MR) is 151 cm³/mol. The van der Waals surface area contributed by atoms with E-state index >= 15 is 0 Å². The number of benzene rings is 1. The Kier molecular flexibility index (Phi) is 15.1. The molecule has 38 heavy (non-hydrogen) atoms. The Morgan fingerprint density at radius 3 is 2.16 bits per heavy atom. The molecule has 0 aliphatic carbocycles. The van der Waals surface area contributed by atoms with Crippen LogP contribution in [0, 0.1) is 23.7 Å². The van der Waals surface area contributed by atoms with Crippen molar-refractivity contribution >= 4 is 6.09 Å². The second-order valence-electron chi connectivity index (χ2n) is 11.9. The predicted octanol–water partition coefficient (Wildman–Crippen LogP) is 5.22. The Morgan fingerprint density at radius 1 is 0.974 bits per heavy atom. The molecule has 1 aromatic rings. The molecule has 1 amide bonds. The number of rotatable bonds is 17. The second-order valence-corrected chi connectivity index (χ2v) is 11.9. The van der Waals surface area contributed by atoms with Crippen LogP contribution in [0.15, 0.2) is 18.2 Å². The minimum absolute atomic E-state index is 0.0134. The molecule has 0 radical (unpaired) electrons. The molecule has 1 rings (SSSR count). The second kappa shape index (κ2) is 16.8. The van der Waals surface area contributed by atoms with Crippen LogP contribution in [0.1, 0.15) is 73.3 Å². The summed E-state index contributed by atoms with van der Waals surface area (Å²) in [5, 5.41) is 24.0. The molecule has 0 saturated carbocycles. The Morgan fingerprint density at radius 2 is 1.63 bits per heavy atom. The molecule has 0 aliphatic rings. The number of hydrogen-bond donors (Lipinski definition) is 3. The molecule has 4 atom stereocenters. The lowest BCUT2D eigenvalue weighted by atomic mass is 9.81. The number of aliphatic hydroxyl groups is 2. The molecule has 0 spiro atoms. The summed E-state index contributed by atoms with van der Waals surface area (Å²) in [7, 11) is 3.29. The van der Waals surface area contributed by atoms with Gasteiger partial charge >= 0.3 is 6.09 Å². The van der Waals surface area contributed by atoms with Gasteiger partial charge in [0.1, 0.15) is 5.60 Å². The van der Waals surface area contributed by atoms with Crippen molar-refractivity contribution in [2.75, 3.05) is 34.0 Å². The van der Waals surface area contributed by atoms with Gasteiger partial charge in [0, 0.05) is 26.7 Å². The van der Waals surface area contributed by atoms with E-state index in [2.05, 4.69) is 19.2 Å². The van der Waals surface area contributed by atoms with Gasteiger partial charge in [-0.3, -0.25) is 0 Å². The summed E-state index contributed by atoms with van der Waals surface area (Å²) in [5.41, 5.74) is 0.442. The zero-order valence-electron chi connectivity index (χ0n) is 25.1. The van der Waals surface area contributed by atoms with E-state index in [4.69, 9.17) is 18.9 Å². The van der Waals surface area contributed by atoms with Crippen molar-refractivity contribution in [3.63, 3.8) is 0 Å². The molecule has 0 unspecified atom stereocenters. The first-order chi connectivity index (χ1) is 17.8. The van der Waals surface area contributed by atoms with Gasteiger partial charge in [-0.2, -0.15) is 0 Å². The Balaban J connectivity index is 3.13. The van der Waals surface area contributed by atoms with Crippen molar-refractivity contribution in [1.82, 2.24) is 5.32 Å². The molecular weight excluding hydrogens is 486 g/mol. The molecule has 8 heteroatoms. The van der Waals surface area contributed by atoms with Crippen LogP contribution in [0.3, 0.4) is 0 Å². The average Bonchev–Trinajstić information content (AvgIpc) is 2.82. The average molecular weight is 540 g/mol. The fraction of sp³-hybridized carbons (Fsp3) is 0.767. The van der Waals surface area contributed by atoms with E-state index in [-0.39, 0.29) is 30.3 Å². The van der Waals surface area contributed by atoms with Crippen LogP contribution < -0.4 is 14.8 Å². The summed E-state index contributed by atoms with van der Waals surface area (Å²) in [5.74, 6) is 1.96. The number of amides is 1. The highest BCUT2D eigenvalue weighted by Crippen LogP contribution is 2.32. The Labute approximate surface area is 230 Å². The zero-order chi connectivity index (χ0) is 28.9. The number of carbonyl (C=O) groups excluding carboxylic acids is 1. The van der Waals surface area contributed by atoms with E-state index < -0.39 is 23.8 Å². The summed E-state index contributed by atoms with van der Waals surface area (Å²) in [6.07, 6.45) is 1.10. The third-order valence-electron chi connectivity index (χ3n) is 6.86. The van der Waals surface area contributed by atoms with Gasteiger partial charge in [0.15, 0.2) is 11.5 Å². The van der Waals surface area contributed by atoms with Crippen LogP contribution in [0.4, 0.5) is 4.79 Å². The van der Waals surface area contributed by atoms with Crippen LogP contribution in [-0.4, -0.2) is 68.1 Å². The summed E-state index contributed by atoms with van der Waals surface area (Å²) in [6.45, 7) is 14.9. The van der Waals surface area contributed by atoms with Crippen LogP contribution in [-0.2, 0) is 15.9 Å². The van der Waals surface area contributed by atoms with Crippen molar-refractivity contribution in [1.29, 1.82) is 0 Å². The van der Waals surface area contributed by atoms with Gasteiger partial charge < -0.3 is 34.5 Å². The van der Waals surface area contributed by atoms with E-state index in [9.17, 15) is 15.0 Å². The standard InChI is InChI=1S/C30H53NO7/c1-20(2)23(15-22-11-12-27(36-9)28(16-22)37-14-10-13-35-8)17-25(31-29(34)38-30(5,6)7)26(33)18-24(19-32)21(3)4/h11-12,16,20-21,23-26,32-33H,10,13-15,17-19H2,1-9H3,(H,31,34)/t23-,24+,25-,26-/m0/s1. The summed E-state index contributed by atoms with van der Waals surface area (Å²) < 4.78 is 22.1. The highest BCUT2D eigenvalue weighted by Gasteiger charge is 2.31. The van der Waals surface area contributed by atoms with Crippen molar-refractivity contribution in [3.05, 3.63) is 23.8 Å². The van der Waals surface area contributed by atoms with E-state index in [1.807, 2.05) is 52.8 Å². The lowest BCUT2D eigenvalue weighted by Crippen LogP contribution is -2.48. The molecule has 0 saturated heterocycles. The van der Waals surface area contributed by atoms with Gasteiger partial charge in [0.25, 0.3) is 0 Å². The van der Waals surface area contributed by atoms with Gasteiger partial charge in [-0.25, -0.2) is 4.79 Å². The molecule has 0 aliphatic heterocycles. The number of hydrogen-bond acceptors (Lipinski definition) is 7. The normalized spacial score (nSPS) is 15.2. The van der Waals surface area contributed by atoms with Crippen molar-refractivity contribution in [3.8, 4) is 11.5 Å². The molecule has 8 nitrogen and oxygen atoms in total. The van der Waals surface area contributed by atoms with Crippen LogP contribution in [0.2, 0.25) is 0 Å². The highest BCUT2D eigenvalue weighted by molar-refractivity contribution is 5.68. The quantitative estimate of drug-likeness (QED) is 0.233. The molecule has 0 heterocycles. The summed E-state index contributed by atoms with van der Waals surface area (Å²) >= 11 is 0. The molecule has 0 bridgehead atoms. The fourth-order valence-corrected chi connectivity index (χ4v) is 4.37. The Hall–Kier alpha value is -2.03. The van der Waals surface area contributed by atoms with E-state index in [1.54, 1.807) is 14.2 Å². The van der Waals surface area contributed by atoms with Gasteiger partial charge in [-0.15, -0.1) is 0 Å². The van der Waals surface area contributed by atoms with Crippen LogP contribution >= 0.6 is 0 Å². The smallest absolute Gasteiger partial charge is 0.407 e. The number of alkyl carbamates (subject to hydrolysis) is 1. The van der Waals surface area contributed by atoms with E-state index in [0.717, 1.165) is 18.4 Å². The molecule has 220 valence electrons. The molecular formula is C30H53NO7. The third kappa shape index (κ3) is 12.7. The SMILES string of the molecule is COCCCOc1cc(C[C@@H](C[C@H](NC(=O)OC(C)(C)C)[C@@H](O)C[C@H](CO)C(C)C)C(C)C)ccc1OC. The van der Waals surface area contributed by atoms with E-state index in [1.165, 1.54) is 0 Å². The first-order valence-electron chi connectivity index (χ1n) is 13.9. The number of aliphatic hydroxyl groups excluding tert-OH is 2. The maximum Gasteiger partial charge on any atom is 0.407 e. The maximum atomic E-state index is 12.7. The molecule has 3 N–H and O–H groups in total. The summed E-state index contributed by atoms with van der Waals surface area (Å²) in [6, 6.07) is 5.43. The molecule has 0 fully saturated rings. The first kappa shape index (κ1) is 34.0. The molecule has 0 aromatic heterocycles. The van der Waals surface area contributed by atoms with Crippen molar-refractivity contribution in [2.45, 2.75) is 91.9 Å².